The summed E-state index contributed by atoms with van der Waals surface area (Å²) < 4.78 is 6.27. The van der Waals surface area contributed by atoms with Gasteiger partial charge in [0.05, 0.1) is 11.5 Å². The van der Waals surface area contributed by atoms with Crippen LogP contribution in [0.3, 0.4) is 0 Å². The summed E-state index contributed by atoms with van der Waals surface area (Å²) in [7, 11) is 0. The molecule has 1 aromatic carbocycles. The first-order chi connectivity index (χ1) is 15.7. The molecule has 1 N–H and O–H groups in total. The zero-order chi connectivity index (χ0) is 23.2. The van der Waals surface area contributed by atoms with E-state index in [9.17, 15) is 9.90 Å². The van der Waals surface area contributed by atoms with Crippen LogP contribution in [0.15, 0.2) is 53.3 Å². The molecule has 6 rings (SSSR count). The first-order valence-electron chi connectivity index (χ1n) is 13.0. The van der Waals surface area contributed by atoms with E-state index in [1.807, 2.05) is 0 Å². The summed E-state index contributed by atoms with van der Waals surface area (Å²) >= 11 is 0. The van der Waals surface area contributed by atoms with Crippen LogP contribution in [0.25, 0.3) is 0 Å². The van der Waals surface area contributed by atoms with Gasteiger partial charge in [-0.1, -0.05) is 55.8 Å². The molecule has 0 unspecified atom stereocenters. The molecule has 0 aromatic heterocycles. The Morgan fingerprint density at radius 3 is 2.42 bits per heavy atom. The van der Waals surface area contributed by atoms with Crippen molar-refractivity contribution in [1.29, 1.82) is 0 Å². The van der Waals surface area contributed by atoms with E-state index in [2.05, 4.69) is 64.1 Å². The lowest BCUT2D eigenvalue weighted by molar-refractivity contribution is -0.155. The molecule has 2 saturated carbocycles. The summed E-state index contributed by atoms with van der Waals surface area (Å²) in [4.78, 5) is 13.3. The zero-order valence-corrected chi connectivity index (χ0v) is 20.6. The Hall–Kier alpha value is -1.87. The lowest BCUT2D eigenvalue weighted by Crippen LogP contribution is -2.50. The van der Waals surface area contributed by atoms with Crippen molar-refractivity contribution < 1.29 is 14.6 Å². The van der Waals surface area contributed by atoms with Gasteiger partial charge in [0.25, 0.3) is 0 Å². The van der Waals surface area contributed by atoms with Crippen LogP contribution in [-0.4, -0.2) is 17.2 Å². The lowest BCUT2D eigenvalue weighted by atomic mass is 9.48. The van der Waals surface area contributed by atoms with E-state index in [-0.39, 0.29) is 28.8 Å². The van der Waals surface area contributed by atoms with Crippen molar-refractivity contribution in [3.05, 3.63) is 58.9 Å². The second kappa shape index (κ2) is 7.07. The minimum Gasteiger partial charge on any atom is -0.430 e. The van der Waals surface area contributed by atoms with E-state index < -0.39 is 5.41 Å². The Balaban J connectivity index is 1.41. The van der Waals surface area contributed by atoms with Gasteiger partial charge in [-0.15, -0.1) is 0 Å². The molecule has 0 spiro atoms. The van der Waals surface area contributed by atoms with Crippen molar-refractivity contribution in [1.82, 2.24) is 0 Å². The third kappa shape index (κ3) is 2.87. The first kappa shape index (κ1) is 21.6. The number of ether oxygens (including phenoxy) is 1. The largest absolute Gasteiger partial charge is 0.430 e. The molecule has 1 heterocycles. The van der Waals surface area contributed by atoms with E-state index in [0.29, 0.717) is 17.8 Å². The number of aliphatic hydroxyl groups is 1. The van der Waals surface area contributed by atoms with Gasteiger partial charge in [-0.05, 0) is 93.1 Å². The monoisotopic (exact) mass is 446 g/mol. The van der Waals surface area contributed by atoms with Gasteiger partial charge in [0, 0.05) is 11.3 Å². The number of hydrogen-bond donors (Lipinski definition) is 1. The van der Waals surface area contributed by atoms with Gasteiger partial charge < -0.3 is 9.84 Å². The third-order valence-electron chi connectivity index (χ3n) is 10.6. The highest BCUT2D eigenvalue weighted by Gasteiger charge is 2.62. The van der Waals surface area contributed by atoms with E-state index >= 15 is 0 Å². The van der Waals surface area contributed by atoms with Crippen LogP contribution in [0.5, 0.6) is 0 Å². The van der Waals surface area contributed by atoms with Gasteiger partial charge in [-0.3, -0.25) is 4.79 Å². The minimum atomic E-state index is -0.561. The van der Waals surface area contributed by atoms with Crippen molar-refractivity contribution in [2.45, 2.75) is 84.7 Å². The molecule has 3 nitrogen and oxygen atoms in total. The molecule has 33 heavy (non-hydrogen) atoms. The van der Waals surface area contributed by atoms with E-state index in [1.165, 1.54) is 23.1 Å². The highest BCUT2D eigenvalue weighted by atomic mass is 16.5. The maximum Gasteiger partial charge on any atom is 0.317 e. The molecule has 5 aliphatic rings. The topological polar surface area (TPSA) is 46.5 Å². The number of esters is 1. The molecule has 176 valence electrons. The number of carbonyl (C=O) groups excluding carboxylic acids is 1. The Morgan fingerprint density at radius 1 is 0.939 bits per heavy atom. The summed E-state index contributed by atoms with van der Waals surface area (Å²) in [6.07, 6.45) is 9.65. The van der Waals surface area contributed by atoms with E-state index in [4.69, 9.17) is 4.74 Å². The van der Waals surface area contributed by atoms with Gasteiger partial charge in [0.1, 0.15) is 5.76 Å². The zero-order valence-electron chi connectivity index (χ0n) is 20.6. The lowest BCUT2D eigenvalue weighted by Gasteiger charge is -2.57. The van der Waals surface area contributed by atoms with Crippen LogP contribution in [0, 0.1) is 34.0 Å². The maximum atomic E-state index is 13.3. The first-order valence-corrected chi connectivity index (χ1v) is 13.0. The predicted octanol–water partition coefficient (Wildman–Crippen LogP) is 6.54. The predicted molar refractivity (Wildman–Crippen MR) is 129 cm³/mol. The van der Waals surface area contributed by atoms with Crippen molar-refractivity contribution in [3.8, 4) is 0 Å². The summed E-state index contributed by atoms with van der Waals surface area (Å²) in [5.74, 6) is 2.85. The fraction of sp³-hybridized carbons (Fsp3) is 0.633. The Labute approximate surface area is 198 Å². The molecule has 0 saturated heterocycles. The molecular weight excluding hydrogens is 408 g/mol. The van der Waals surface area contributed by atoms with Gasteiger partial charge in [-0.25, -0.2) is 0 Å². The highest BCUT2D eigenvalue weighted by Crippen LogP contribution is 2.69. The van der Waals surface area contributed by atoms with Crippen molar-refractivity contribution in [2.75, 3.05) is 0 Å². The molecule has 2 fully saturated rings. The number of allylic oxidation sites excluding steroid dienone is 3. The molecule has 0 bridgehead atoms. The van der Waals surface area contributed by atoms with Crippen LogP contribution in [0.2, 0.25) is 0 Å². The molecular formula is C30H38O3. The van der Waals surface area contributed by atoms with Gasteiger partial charge in [0.15, 0.2) is 0 Å². The van der Waals surface area contributed by atoms with Crippen LogP contribution in [0.1, 0.15) is 84.1 Å². The molecule has 1 aromatic rings. The summed E-state index contributed by atoms with van der Waals surface area (Å²) in [5, 5.41) is 10.3. The van der Waals surface area contributed by atoms with E-state index in [0.717, 1.165) is 44.3 Å². The van der Waals surface area contributed by atoms with Crippen LogP contribution < -0.4 is 0 Å². The van der Waals surface area contributed by atoms with E-state index in [1.54, 1.807) is 0 Å². The Morgan fingerprint density at radius 2 is 1.67 bits per heavy atom. The van der Waals surface area contributed by atoms with Crippen LogP contribution >= 0.6 is 0 Å². The Kier molecular flexibility index (Phi) is 4.64. The molecule has 3 heteroatoms. The average Bonchev–Trinajstić information content (AvgIpc) is 3.07. The number of aliphatic hydroxyl groups excluding tert-OH is 1. The Bertz CT molecular complexity index is 1050. The highest BCUT2D eigenvalue weighted by molar-refractivity contribution is 5.81. The fourth-order valence-electron chi connectivity index (χ4n) is 8.79. The number of carbonyl (C=O) groups is 1. The number of fused-ring (bicyclic) bond motifs is 6. The minimum absolute atomic E-state index is 0.0500. The normalized spacial score (nSPS) is 43.6. The van der Waals surface area contributed by atoms with Crippen LogP contribution in [-0.2, 0) is 9.53 Å². The van der Waals surface area contributed by atoms with Crippen molar-refractivity contribution >= 4 is 5.97 Å². The number of rotatable bonds is 1. The SMILES string of the molecule is CC1(C)C(=O)OC2=C(C[C@@H]3[C@@H]4CC=C5C[C@@H](O)CC[C@]5(C)[C@@H]4CC[C@]23C)[C@@H]1c1ccccc1. The smallest absolute Gasteiger partial charge is 0.317 e. The molecule has 0 radical (unpaired) electrons. The molecule has 4 aliphatic carbocycles. The van der Waals surface area contributed by atoms with Crippen LogP contribution in [0.4, 0.5) is 0 Å². The summed E-state index contributed by atoms with van der Waals surface area (Å²) in [6, 6.07) is 10.6. The maximum absolute atomic E-state index is 13.3. The van der Waals surface area contributed by atoms with Gasteiger partial charge >= 0.3 is 5.97 Å². The quantitative estimate of drug-likeness (QED) is 0.393. The second-order valence-electron chi connectivity index (χ2n) is 12.6. The third-order valence-corrected chi connectivity index (χ3v) is 10.6. The second-order valence-corrected chi connectivity index (χ2v) is 12.6. The molecule has 7 atom stereocenters. The van der Waals surface area contributed by atoms with Crippen molar-refractivity contribution in [2.24, 2.45) is 34.0 Å². The van der Waals surface area contributed by atoms with Gasteiger partial charge in [0.2, 0.25) is 0 Å². The molecule has 0 amide bonds. The number of benzene rings is 1. The molecule has 1 aliphatic heterocycles. The summed E-state index contributed by atoms with van der Waals surface area (Å²) in [5.41, 5.74) is 3.75. The average molecular weight is 447 g/mol. The van der Waals surface area contributed by atoms with Gasteiger partial charge in [-0.2, -0.15) is 0 Å². The number of hydrogen-bond acceptors (Lipinski definition) is 3. The van der Waals surface area contributed by atoms with Crippen molar-refractivity contribution in [3.63, 3.8) is 0 Å². The summed E-state index contributed by atoms with van der Waals surface area (Å²) in [6.45, 7) is 8.99. The standard InChI is InChI=1S/C30H38O3/c1-28(2)25(18-8-6-5-7-9-18)22-17-24-21-11-10-19-16-20(31)12-14-29(19,3)23(21)13-15-30(24,4)26(22)33-27(28)32/h5-10,20-21,23-25,31H,11-17H2,1-4H3/t20-,21+,23+,24+,25-,29-,30-/m0/s1. The fourth-order valence-corrected chi connectivity index (χ4v) is 8.79.